The second-order valence-corrected chi connectivity index (χ2v) is 6.02. The summed E-state index contributed by atoms with van der Waals surface area (Å²) in [7, 11) is 0. The number of carbonyl (C=O) groups excluding carboxylic acids is 1. The van der Waals surface area contributed by atoms with Gasteiger partial charge in [0.25, 0.3) is 5.69 Å². The molecule has 1 unspecified atom stereocenters. The van der Waals surface area contributed by atoms with E-state index in [4.69, 9.17) is 5.11 Å². The molecule has 0 fully saturated rings. The number of nitro groups is 1. The maximum absolute atomic E-state index is 11.5. The number of nitrogens with one attached hydrogen (secondary N) is 1. The van der Waals surface area contributed by atoms with E-state index in [1.54, 1.807) is 43.3 Å². The van der Waals surface area contributed by atoms with Crippen LogP contribution in [0.25, 0.3) is 16.5 Å². The Balaban J connectivity index is 2.12. The Hall–Kier alpha value is -2.51. The fraction of sp³-hybridized carbons (Fsp3) is 0.188. The Labute approximate surface area is 137 Å². The fourth-order valence-corrected chi connectivity index (χ4v) is 2.84. The van der Waals surface area contributed by atoms with Crippen molar-refractivity contribution in [1.29, 1.82) is 0 Å². The first-order valence-corrected chi connectivity index (χ1v) is 7.76. The van der Waals surface area contributed by atoms with Crippen LogP contribution in [0.5, 0.6) is 0 Å². The van der Waals surface area contributed by atoms with Crippen molar-refractivity contribution in [3.8, 4) is 10.4 Å². The molecular formula is C16H16N2O4S. The molecule has 7 heteroatoms. The number of aliphatic hydroxyl groups excluding tert-OH is 1. The number of hydrogen-bond donors (Lipinski definition) is 2. The molecule has 1 aromatic heterocycles. The molecular weight excluding hydrogens is 316 g/mol. The standard InChI is InChI=1S/C16H16N2O4S/c1-11(19)10-17-16(20)9-7-12-6-8-15(23-12)13-4-2-3-5-14(13)18(21)22/h2-9,11,19H,10H2,1H3,(H,17,20)/b9-7+. The van der Waals surface area contributed by atoms with E-state index in [0.717, 1.165) is 9.75 Å². The summed E-state index contributed by atoms with van der Waals surface area (Å²) in [5.41, 5.74) is 0.611. The third-order valence-corrected chi connectivity index (χ3v) is 4.05. The summed E-state index contributed by atoms with van der Waals surface area (Å²) < 4.78 is 0. The average Bonchev–Trinajstić information content (AvgIpc) is 2.99. The maximum atomic E-state index is 11.5. The molecule has 0 bridgehead atoms. The topological polar surface area (TPSA) is 92.5 Å². The number of para-hydroxylation sites is 1. The van der Waals surface area contributed by atoms with Gasteiger partial charge in [0.15, 0.2) is 0 Å². The van der Waals surface area contributed by atoms with Crippen LogP contribution in [-0.2, 0) is 4.79 Å². The second kappa shape index (κ2) is 7.66. The zero-order valence-corrected chi connectivity index (χ0v) is 13.2. The molecule has 1 amide bonds. The van der Waals surface area contributed by atoms with Crippen LogP contribution in [0.1, 0.15) is 11.8 Å². The van der Waals surface area contributed by atoms with Gasteiger partial charge in [0.2, 0.25) is 5.91 Å². The number of carbonyl (C=O) groups is 1. The lowest BCUT2D eigenvalue weighted by Gasteiger charge is -2.03. The Kier molecular flexibility index (Phi) is 5.61. The van der Waals surface area contributed by atoms with Gasteiger partial charge >= 0.3 is 0 Å². The zero-order chi connectivity index (χ0) is 16.8. The van der Waals surface area contributed by atoms with Crippen LogP contribution in [0, 0.1) is 10.1 Å². The molecule has 0 aliphatic carbocycles. The molecule has 0 spiro atoms. The smallest absolute Gasteiger partial charge is 0.278 e. The van der Waals surface area contributed by atoms with Gasteiger partial charge in [-0.1, -0.05) is 12.1 Å². The van der Waals surface area contributed by atoms with Gasteiger partial charge in [-0.15, -0.1) is 11.3 Å². The minimum absolute atomic E-state index is 0.0551. The highest BCUT2D eigenvalue weighted by Crippen LogP contribution is 2.34. The van der Waals surface area contributed by atoms with Crippen molar-refractivity contribution in [2.45, 2.75) is 13.0 Å². The number of nitro benzene ring substituents is 1. The van der Waals surface area contributed by atoms with Gasteiger partial charge < -0.3 is 10.4 Å². The number of aliphatic hydroxyl groups is 1. The van der Waals surface area contributed by atoms with Crippen molar-refractivity contribution >= 4 is 29.0 Å². The number of hydrogen-bond acceptors (Lipinski definition) is 5. The Morgan fingerprint density at radius 3 is 2.83 bits per heavy atom. The van der Waals surface area contributed by atoms with Crippen molar-refractivity contribution in [1.82, 2.24) is 5.32 Å². The lowest BCUT2D eigenvalue weighted by atomic mass is 10.1. The monoisotopic (exact) mass is 332 g/mol. The van der Waals surface area contributed by atoms with Gasteiger partial charge in [-0.05, 0) is 31.2 Å². The first-order valence-electron chi connectivity index (χ1n) is 6.95. The third-order valence-electron chi connectivity index (χ3n) is 2.96. The highest BCUT2D eigenvalue weighted by molar-refractivity contribution is 7.16. The lowest BCUT2D eigenvalue weighted by molar-refractivity contribution is -0.384. The third kappa shape index (κ3) is 4.73. The van der Waals surface area contributed by atoms with E-state index in [-0.39, 0.29) is 18.1 Å². The van der Waals surface area contributed by atoms with Crippen LogP contribution in [0.2, 0.25) is 0 Å². The molecule has 0 aliphatic heterocycles. The first-order chi connectivity index (χ1) is 11.0. The van der Waals surface area contributed by atoms with Crippen LogP contribution in [-0.4, -0.2) is 28.6 Å². The van der Waals surface area contributed by atoms with E-state index in [9.17, 15) is 14.9 Å². The van der Waals surface area contributed by atoms with E-state index < -0.39 is 11.0 Å². The predicted molar refractivity (Wildman–Crippen MR) is 90.1 cm³/mol. The van der Waals surface area contributed by atoms with Crippen molar-refractivity contribution < 1.29 is 14.8 Å². The Morgan fingerprint density at radius 1 is 1.39 bits per heavy atom. The summed E-state index contributed by atoms with van der Waals surface area (Å²) >= 11 is 1.36. The van der Waals surface area contributed by atoms with Gasteiger partial charge in [0, 0.05) is 28.4 Å². The molecule has 23 heavy (non-hydrogen) atoms. The van der Waals surface area contributed by atoms with Crippen molar-refractivity contribution in [2.24, 2.45) is 0 Å². The van der Waals surface area contributed by atoms with Crippen LogP contribution >= 0.6 is 11.3 Å². The summed E-state index contributed by atoms with van der Waals surface area (Å²) in [4.78, 5) is 23.8. The Bertz CT molecular complexity index is 737. The van der Waals surface area contributed by atoms with Gasteiger partial charge in [-0.3, -0.25) is 14.9 Å². The van der Waals surface area contributed by atoms with E-state index in [1.807, 2.05) is 0 Å². The SMILES string of the molecule is CC(O)CNC(=O)/C=C/c1ccc(-c2ccccc2[N+](=O)[O-])s1. The van der Waals surface area contributed by atoms with Crippen LogP contribution in [0.15, 0.2) is 42.5 Å². The molecule has 0 saturated carbocycles. The van der Waals surface area contributed by atoms with E-state index in [0.29, 0.717) is 5.56 Å². The summed E-state index contributed by atoms with van der Waals surface area (Å²) in [6.07, 6.45) is 2.41. The van der Waals surface area contributed by atoms with Gasteiger partial charge in [0.05, 0.1) is 16.6 Å². The van der Waals surface area contributed by atoms with Crippen molar-refractivity contribution in [2.75, 3.05) is 6.54 Å². The molecule has 0 saturated heterocycles. The second-order valence-electron chi connectivity index (χ2n) is 4.90. The molecule has 120 valence electrons. The molecule has 0 aliphatic rings. The number of benzene rings is 1. The average molecular weight is 332 g/mol. The van der Waals surface area contributed by atoms with Crippen LogP contribution < -0.4 is 5.32 Å². The minimum atomic E-state index is -0.598. The molecule has 1 aromatic carbocycles. The van der Waals surface area contributed by atoms with Crippen molar-refractivity contribution in [3.05, 3.63) is 57.5 Å². The number of rotatable bonds is 6. The van der Waals surface area contributed by atoms with Gasteiger partial charge in [-0.25, -0.2) is 0 Å². The van der Waals surface area contributed by atoms with Crippen LogP contribution in [0.4, 0.5) is 5.69 Å². The molecule has 1 heterocycles. The molecule has 1 atom stereocenters. The summed E-state index contributed by atoms with van der Waals surface area (Å²) in [5, 5.41) is 22.7. The molecule has 2 rings (SSSR count). The zero-order valence-electron chi connectivity index (χ0n) is 12.4. The largest absolute Gasteiger partial charge is 0.392 e. The first kappa shape index (κ1) is 16.9. The molecule has 2 N–H and O–H groups in total. The molecule has 6 nitrogen and oxygen atoms in total. The fourth-order valence-electron chi connectivity index (χ4n) is 1.89. The number of amides is 1. The van der Waals surface area contributed by atoms with E-state index in [2.05, 4.69) is 5.32 Å². The predicted octanol–water partition coefficient (Wildman–Crippen LogP) is 2.83. The molecule has 2 aromatic rings. The van der Waals surface area contributed by atoms with Crippen molar-refractivity contribution in [3.63, 3.8) is 0 Å². The molecule has 0 radical (unpaired) electrons. The number of thiophene rings is 1. The normalized spacial score (nSPS) is 12.3. The quantitative estimate of drug-likeness (QED) is 0.483. The van der Waals surface area contributed by atoms with Gasteiger partial charge in [-0.2, -0.15) is 0 Å². The van der Waals surface area contributed by atoms with Gasteiger partial charge in [0.1, 0.15) is 0 Å². The summed E-state index contributed by atoms with van der Waals surface area (Å²) in [6.45, 7) is 1.78. The maximum Gasteiger partial charge on any atom is 0.278 e. The lowest BCUT2D eigenvalue weighted by Crippen LogP contribution is -2.28. The van der Waals surface area contributed by atoms with Crippen LogP contribution in [0.3, 0.4) is 0 Å². The van der Waals surface area contributed by atoms with E-state index >= 15 is 0 Å². The number of nitrogens with zero attached hydrogens (tertiary/aromatic N) is 1. The highest BCUT2D eigenvalue weighted by Gasteiger charge is 2.15. The minimum Gasteiger partial charge on any atom is -0.392 e. The Morgan fingerprint density at radius 2 is 2.13 bits per heavy atom. The van der Waals surface area contributed by atoms with E-state index in [1.165, 1.54) is 23.5 Å². The summed E-state index contributed by atoms with van der Waals surface area (Å²) in [5.74, 6) is -0.299. The summed E-state index contributed by atoms with van der Waals surface area (Å²) in [6, 6.07) is 10.1. The highest BCUT2D eigenvalue weighted by atomic mass is 32.1.